The van der Waals surface area contributed by atoms with Crippen LogP contribution in [-0.4, -0.2) is 23.1 Å². The van der Waals surface area contributed by atoms with Gasteiger partial charge in [0.25, 0.3) is 0 Å². The van der Waals surface area contributed by atoms with Gasteiger partial charge in [-0.1, -0.05) is 114 Å². The van der Waals surface area contributed by atoms with Crippen molar-refractivity contribution in [2.75, 3.05) is 0 Å². The van der Waals surface area contributed by atoms with Crippen molar-refractivity contribution >= 4 is 23.8 Å². The van der Waals surface area contributed by atoms with Crippen LogP contribution in [0.25, 0.3) is 0 Å². The number of rotatable bonds is 11. The van der Waals surface area contributed by atoms with Crippen LogP contribution in [0.4, 0.5) is 5.69 Å². The Balaban J connectivity index is 0.00000461. The number of aryl methyl sites for hydroxylation is 2. The zero-order valence-corrected chi connectivity index (χ0v) is 26.1. The van der Waals surface area contributed by atoms with Crippen molar-refractivity contribution in [2.45, 2.75) is 32.7 Å². The fraction of sp³-hybridized carbons (Fsp3) is 0.158. The molecule has 4 aromatic carbocycles. The Labute approximate surface area is 274 Å². The SMILES string of the molecule is Cc1ccc(CC(C=NC(c2ccccc2)c2ccccc2N=C([O-])c2ccccn2)(Cc2ccc(C)cc2)C(=O)[O-])cc1.[Ni+2]. The third-order valence-corrected chi connectivity index (χ3v) is 7.61. The molecule has 1 unspecified atom stereocenters. The molecule has 7 heteroatoms. The maximum Gasteiger partial charge on any atom is 2.00 e. The van der Waals surface area contributed by atoms with Crippen molar-refractivity contribution < 1.29 is 31.5 Å². The minimum Gasteiger partial charge on any atom is -0.857 e. The molecule has 0 saturated heterocycles. The summed E-state index contributed by atoms with van der Waals surface area (Å²) in [6.45, 7) is 3.99. The molecule has 0 N–H and O–H groups in total. The van der Waals surface area contributed by atoms with Crippen LogP contribution < -0.4 is 10.2 Å². The first-order chi connectivity index (χ1) is 21.3. The van der Waals surface area contributed by atoms with Crippen molar-refractivity contribution in [3.05, 3.63) is 167 Å². The van der Waals surface area contributed by atoms with E-state index in [2.05, 4.69) is 9.98 Å². The second kappa shape index (κ2) is 15.2. The Hall–Kier alpha value is -4.87. The van der Waals surface area contributed by atoms with Gasteiger partial charge in [-0.25, -0.2) is 0 Å². The van der Waals surface area contributed by atoms with E-state index in [1.165, 1.54) is 6.21 Å². The van der Waals surface area contributed by atoms with E-state index in [9.17, 15) is 15.0 Å². The Morgan fingerprint density at radius 2 is 1.31 bits per heavy atom. The summed E-state index contributed by atoms with van der Waals surface area (Å²) in [6.07, 6.45) is 3.47. The number of aliphatic carboxylic acids is 1. The molecule has 228 valence electrons. The normalized spacial score (nSPS) is 12.4. The number of benzene rings is 4. The zero-order chi connectivity index (χ0) is 30.9. The van der Waals surface area contributed by atoms with Crippen LogP contribution >= 0.6 is 0 Å². The van der Waals surface area contributed by atoms with Gasteiger partial charge in [-0.2, -0.15) is 0 Å². The summed E-state index contributed by atoms with van der Waals surface area (Å²) in [6, 6.07) is 37.0. The van der Waals surface area contributed by atoms with Gasteiger partial charge in [0, 0.05) is 23.9 Å². The van der Waals surface area contributed by atoms with Gasteiger partial charge in [-0.15, -0.1) is 0 Å². The maximum absolute atomic E-state index is 13.1. The Bertz CT molecular complexity index is 1710. The monoisotopic (exact) mass is 637 g/mol. The van der Waals surface area contributed by atoms with Gasteiger partial charge >= 0.3 is 16.5 Å². The minimum atomic E-state index is -1.45. The van der Waals surface area contributed by atoms with Crippen LogP contribution in [0, 0.1) is 19.3 Å². The molecule has 5 aromatic rings. The second-order valence-corrected chi connectivity index (χ2v) is 11.1. The van der Waals surface area contributed by atoms with Gasteiger partial charge in [-0.3, -0.25) is 15.0 Å². The van der Waals surface area contributed by atoms with Gasteiger partial charge < -0.3 is 15.0 Å². The largest absolute Gasteiger partial charge is 2.00 e. The number of aromatic nitrogens is 1. The number of hydrogen-bond donors (Lipinski definition) is 0. The van der Waals surface area contributed by atoms with E-state index >= 15 is 0 Å². The van der Waals surface area contributed by atoms with Crippen molar-refractivity contribution in [2.24, 2.45) is 15.4 Å². The van der Waals surface area contributed by atoms with Gasteiger partial charge in [-0.05, 0) is 61.6 Å². The van der Waals surface area contributed by atoms with Crippen LogP contribution in [0.5, 0.6) is 0 Å². The molecule has 1 atom stereocenters. The van der Waals surface area contributed by atoms with Crippen molar-refractivity contribution in [1.82, 2.24) is 4.98 Å². The third-order valence-electron chi connectivity index (χ3n) is 7.61. The number of hydrogen-bond acceptors (Lipinski definition) is 6. The molecule has 1 aromatic heterocycles. The topological polar surface area (TPSA) is 101 Å². The molecule has 0 bridgehead atoms. The third kappa shape index (κ3) is 8.40. The van der Waals surface area contributed by atoms with Gasteiger partial charge in [0.15, 0.2) is 0 Å². The molecular weight excluding hydrogens is 605 g/mol. The quantitative estimate of drug-likeness (QED) is 0.108. The average molecular weight is 638 g/mol. The smallest absolute Gasteiger partial charge is 0.857 e. The van der Waals surface area contributed by atoms with Gasteiger partial charge in [0.05, 0.1) is 22.8 Å². The first kappa shape index (κ1) is 33.0. The molecule has 0 aliphatic rings. The molecule has 0 amide bonds. The first-order valence-electron chi connectivity index (χ1n) is 14.5. The van der Waals surface area contributed by atoms with E-state index in [0.29, 0.717) is 11.3 Å². The molecule has 0 radical (unpaired) electrons. The summed E-state index contributed by atoms with van der Waals surface area (Å²) in [5.41, 5.74) is 4.62. The molecule has 45 heavy (non-hydrogen) atoms. The second-order valence-electron chi connectivity index (χ2n) is 11.1. The predicted molar refractivity (Wildman–Crippen MR) is 171 cm³/mol. The van der Waals surface area contributed by atoms with Crippen LogP contribution in [0.1, 0.15) is 45.1 Å². The number of carbonyl (C=O) groups excluding carboxylic acids is 1. The average Bonchev–Trinajstić information content (AvgIpc) is 3.05. The predicted octanol–water partition coefficient (Wildman–Crippen LogP) is 5.52. The molecule has 0 aliphatic heterocycles. The summed E-state index contributed by atoms with van der Waals surface area (Å²) >= 11 is 0. The maximum atomic E-state index is 13.1. The van der Waals surface area contributed by atoms with E-state index in [0.717, 1.165) is 27.8 Å². The summed E-state index contributed by atoms with van der Waals surface area (Å²) in [5.74, 6) is -1.69. The Morgan fingerprint density at radius 1 is 0.756 bits per heavy atom. The van der Waals surface area contributed by atoms with E-state index < -0.39 is 23.3 Å². The summed E-state index contributed by atoms with van der Waals surface area (Å²) < 4.78 is 0. The number of nitrogens with zero attached hydrogens (tertiary/aromatic N) is 3. The van der Waals surface area contributed by atoms with Crippen molar-refractivity contribution in [1.29, 1.82) is 0 Å². The number of aliphatic imine (C=N–C) groups is 2. The van der Waals surface area contributed by atoms with Crippen LogP contribution in [0.3, 0.4) is 0 Å². The van der Waals surface area contributed by atoms with E-state index in [1.807, 2.05) is 105 Å². The molecule has 6 nitrogen and oxygen atoms in total. The van der Waals surface area contributed by atoms with Crippen LogP contribution in [0.2, 0.25) is 0 Å². The molecule has 0 spiro atoms. The van der Waals surface area contributed by atoms with Gasteiger partial charge in [0.2, 0.25) is 0 Å². The van der Waals surface area contributed by atoms with Crippen LogP contribution in [0.15, 0.2) is 138 Å². The van der Waals surface area contributed by atoms with Crippen molar-refractivity contribution in [3.63, 3.8) is 0 Å². The van der Waals surface area contributed by atoms with Crippen molar-refractivity contribution in [3.8, 4) is 0 Å². The zero-order valence-electron chi connectivity index (χ0n) is 25.1. The number of carbonyl (C=O) groups is 1. The Kier molecular flexibility index (Phi) is 11.2. The minimum absolute atomic E-state index is 0. The van der Waals surface area contributed by atoms with E-state index in [-0.39, 0.29) is 35.0 Å². The molecule has 0 saturated carbocycles. The van der Waals surface area contributed by atoms with E-state index in [4.69, 9.17) is 4.99 Å². The summed E-state index contributed by atoms with van der Waals surface area (Å²) in [5, 5.41) is 26.2. The molecular formula is C38H33N3NiO3. The fourth-order valence-corrected chi connectivity index (χ4v) is 5.17. The number of pyridine rings is 1. The number of para-hydroxylation sites is 1. The number of carboxylic acids is 1. The molecule has 0 aliphatic carbocycles. The standard InChI is InChI=1S/C38H35N3O3.Ni/c1-27-15-19-29(20-16-27)24-38(37(43)44,25-30-21-17-28(2)18-22-30)26-40-35(31-10-4-3-5-11-31)32-12-6-7-13-33(32)41-36(42)34-14-8-9-23-39-34;/h3-23,26,35H,24-25H2,1-2H3,(H,41,42)(H,43,44);/q;+2/p-2. The first-order valence-corrected chi connectivity index (χ1v) is 14.5. The molecule has 1 heterocycles. The fourth-order valence-electron chi connectivity index (χ4n) is 5.17. The molecule has 5 rings (SSSR count). The number of carboxylic acid groups (broad SMARTS) is 1. The summed E-state index contributed by atoms with van der Waals surface area (Å²) in [4.78, 5) is 26.7. The van der Waals surface area contributed by atoms with Gasteiger partial charge in [0.1, 0.15) is 6.04 Å². The van der Waals surface area contributed by atoms with Crippen LogP contribution in [-0.2, 0) is 34.1 Å². The summed E-state index contributed by atoms with van der Waals surface area (Å²) in [7, 11) is 0. The Morgan fingerprint density at radius 3 is 1.87 bits per heavy atom. The van der Waals surface area contributed by atoms with E-state index in [1.54, 1.807) is 36.5 Å². The molecule has 0 fully saturated rings.